The van der Waals surface area contributed by atoms with E-state index in [1.165, 1.54) is 32.1 Å². The minimum Gasteiger partial charge on any atom is -0.349 e. The van der Waals surface area contributed by atoms with Crippen molar-refractivity contribution in [2.75, 3.05) is 20.6 Å². The summed E-state index contributed by atoms with van der Waals surface area (Å²) < 4.78 is 0. The molecule has 0 aromatic heterocycles. The Morgan fingerprint density at radius 3 is 2.56 bits per heavy atom. The van der Waals surface area contributed by atoms with E-state index < -0.39 is 0 Å². The molecule has 1 aliphatic carbocycles. The van der Waals surface area contributed by atoms with Crippen molar-refractivity contribution in [1.82, 2.24) is 10.2 Å². The SMILES string of the molecule is CC(CC1CCCC1)NCCC(=O)N(C)C. The van der Waals surface area contributed by atoms with Gasteiger partial charge in [0.25, 0.3) is 0 Å². The van der Waals surface area contributed by atoms with Gasteiger partial charge in [0.1, 0.15) is 0 Å². The van der Waals surface area contributed by atoms with Crippen LogP contribution in [0.5, 0.6) is 0 Å². The Kier molecular flexibility index (Phi) is 5.81. The Balaban J connectivity index is 2.05. The number of carbonyl (C=O) groups excluding carboxylic acids is 1. The molecule has 1 saturated carbocycles. The second-order valence-corrected chi connectivity index (χ2v) is 5.28. The summed E-state index contributed by atoms with van der Waals surface area (Å²) >= 11 is 0. The fraction of sp³-hybridized carbons (Fsp3) is 0.923. The Morgan fingerprint density at radius 2 is 2.00 bits per heavy atom. The maximum Gasteiger partial charge on any atom is 0.223 e. The quantitative estimate of drug-likeness (QED) is 0.751. The molecule has 0 aromatic carbocycles. The first-order valence-corrected chi connectivity index (χ1v) is 6.53. The Hall–Kier alpha value is -0.570. The number of carbonyl (C=O) groups is 1. The van der Waals surface area contributed by atoms with Crippen LogP contribution in [-0.4, -0.2) is 37.5 Å². The number of rotatable bonds is 6. The van der Waals surface area contributed by atoms with Crippen LogP contribution in [-0.2, 0) is 4.79 Å². The molecule has 94 valence electrons. The van der Waals surface area contributed by atoms with Crippen LogP contribution in [0.3, 0.4) is 0 Å². The summed E-state index contributed by atoms with van der Waals surface area (Å²) in [4.78, 5) is 13.0. The fourth-order valence-electron chi connectivity index (χ4n) is 2.48. The molecule has 0 bridgehead atoms. The predicted octanol–water partition coefficient (Wildman–Crippen LogP) is 2.02. The summed E-state index contributed by atoms with van der Waals surface area (Å²) in [6, 6.07) is 0.554. The van der Waals surface area contributed by atoms with E-state index in [-0.39, 0.29) is 5.91 Å². The molecule has 3 heteroatoms. The van der Waals surface area contributed by atoms with Gasteiger partial charge in [-0.25, -0.2) is 0 Å². The van der Waals surface area contributed by atoms with E-state index in [0.29, 0.717) is 12.5 Å². The number of nitrogens with one attached hydrogen (secondary N) is 1. The van der Waals surface area contributed by atoms with Gasteiger partial charge in [-0.05, 0) is 19.3 Å². The maximum atomic E-state index is 11.4. The van der Waals surface area contributed by atoms with Gasteiger partial charge in [-0.2, -0.15) is 0 Å². The highest BCUT2D eigenvalue weighted by atomic mass is 16.2. The minimum absolute atomic E-state index is 0.209. The largest absolute Gasteiger partial charge is 0.349 e. The van der Waals surface area contributed by atoms with Crippen molar-refractivity contribution in [1.29, 1.82) is 0 Å². The topological polar surface area (TPSA) is 32.3 Å². The van der Waals surface area contributed by atoms with Crippen molar-refractivity contribution in [3.8, 4) is 0 Å². The molecule has 0 heterocycles. The lowest BCUT2D eigenvalue weighted by Crippen LogP contribution is -2.32. The molecule has 1 atom stereocenters. The first kappa shape index (κ1) is 13.5. The van der Waals surface area contributed by atoms with E-state index in [1.807, 2.05) is 14.1 Å². The molecule has 0 aromatic rings. The van der Waals surface area contributed by atoms with Gasteiger partial charge in [0, 0.05) is 33.1 Å². The van der Waals surface area contributed by atoms with Gasteiger partial charge >= 0.3 is 0 Å². The zero-order valence-corrected chi connectivity index (χ0v) is 11.0. The third-order valence-corrected chi connectivity index (χ3v) is 3.49. The molecule has 1 aliphatic rings. The van der Waals surface area contributed by atoms with Crippen LogP contribution in [0.15, 0.2) is 0 Å². The lowest BCUT2D eigenvalue weighted by Gasteiger charge is -2.18. The van der Waals surface area contributed by atoms with Gasteiger partial charge < -0.3 is 10.2 Å². The van der Waals surface area contributed by atoms with Crippen LogP contribution in [0, 0.1) is 5.92 Å². The van der Waals surface area contributed by atoms with Crippen molar-refractivity contribution in [3.63, 3.8) is 0 Å². The average molecular weight is 226 g/mol. The van der Waals surface area contributed by atoms with Gasteiger partial charge in [-0.1, -0.05) is 25.7 Å². The van der Waals surface area contributed by atoms with Crippen molar-refractivity contribution < 1.29 is 4.79 Å². The molecule has 1 rings (SSSR count). The normalized spacial score (nSPS) is 18.7. The first-order chi connectivity index (χ1) is 7.59. The van der Waals surface area contributed by atoms with Gasteiger partial charge in [0.15, 0.2) is 0 Å². The Labute approximate surface area is 99.6 Å². The molecule has 1 amide bonds. The molecule has 0 spiro atoms. The number of amides is 1. The summed E-state index contributed by atoms with van der Waals surface area (Å²) in [7, 11) is 3.62. The van der Waals surface area contributed by atoms with Crippen LogP contribution in [0.1, 0.15) is 45.4 Å². The van der Waals surface area contributed by atoms with E-state index in [1.54, 1.807) is 4.90 Å². The molecule has 0 aliphatic heterocycles. The summed E-state index contributed by atoms with van der Waals surface area (Å²) in [5.74, 6) is 1.13. The fourth-order valence-corrected chi connectivity index (χ4v) is 2.48. The zero-order valence-electron chi connectivity index (χ0n) is 11.0. The molecule has 0 saturated heterocycles. The van der Waals surface area contributed by atoms with Gasteiger partial charge in [0.05, 0.1) is 0 Å². The highest BCUT2D eigenvalue weighted by Gasteiger charge is 2.17. The molecule has 3 nitrogen and oxygen atoms in total. The van der Waals surface area contributed by atoms with Crippen LogP contribution >= 0.6 is 0 Å². The molecule has 16 heavy (non-hydrogen) atoms. The van der Waals surface area contributed by atoms with Gasteiger partial charge in [-0.15, -0.1) is 0 Å². The first-order valence-electron chi connectivity index (χ1n) is 6.53. The van der Waals surface area contributed by atoms with Gasteiger partial charge in [0.2, 0.25) is 5.91 Å². The Morgan fingerprint density at radius 1 is 1.38 bits per heavy atom. The van der Waals surface area contributed by atoms with Crippen molar-refractivity contribution in [3.05, 3.63) is 0 Å². The number of hydrogen-bond donors (Lipinski definition) is 1. The van der Waals surface area contributed by atoms with E-state index in [0.717, 1.165) is 12.5 Å². The molecular weight excluding hydrogens is 200 g/mol. The van der Waals surface area contributed by atoms with Crippen LogP contribution < -0.4 is 5.32 Å². The van der Waals surface area contributed by atoms with Crippen LogP contribution in [0.2, 0.25) is 0 Å². The van der Waals surface area contributed by atoms with E-state index >= 15 is 0 Å². The third-order valence-electron chi connectivity index (χ3n) is 3.49. The monoisotopic (exact) mass is 226 g/mol. The van der Waals surface area contributed by atoms with Crippen molar-refractivity contribution >= 4 is 5.91 Å². The average Bonchev–Trinajstić information content (AvgIpc) is 2.70. The zero-order chi connectivity index (χ0) is 12.0. The number of hydrogen-bond acceptors (Lipinski definition) is 2. The number of nitrogens with zero attached hydrogens (tertiary/aromatic N) is 1. The molecule has 1 unspecified atom stereocenters. The smallest absolute Gasteiger partial charge is 0.223 e. The van der Waals surface area contributed by atoms with E-state index in [4.69, 9.17) is 0 Å². The summed E-state index contributed by atoms with van der Waals surface area (Å²) in [5, 5.41) is 3.45. The lowest BCUT2D eigenvalue weighted by atomic mass is 9.99. The van der Waals surface area contributed by atoms with E-state index in [2.05, 4.69) is 12.2 Å². The maximum absolute atomic E-state index is 11.4. The van der Waals surface area contributed by atoms with Crippen molar-refractivity contribution in [2.45, 2.75) is 51.5 Å². The molecule has 0 radical (unpaired) electrons. The second kappa shape index (κ2) is 6.89. The van der Waals surface area contributed by atoms with Crippen LogP contribution in [0.4, 0.5) is 0 Å². The molecular formula is C13H26N2O. The molecule has 1 N–H and O–H groups in total. The summed E-state index contributed by atoms with van der Waals surface area (Å²) in [5.41, 5.74) is 0. The second-order valence-electron chi connectivity index (χ2n) is 5.28. The third kappa shape index (κ3) is 4.97. The summed E-state index contributed by atoms with van der Waals surface area (Å²) in [6.45, 7) is 3.04. The van der Waals surface area contributed by atoms with Crippen LogP contribution in [0.25, 0.3) is 0 Å². The van der Waals surface area contributed by atoms with Gasteiger partial charge in [-0.3, -0.25) is 4.79 Å². The minimum atomic E-state index is 0.209. The lowest BCUT2D eigenvalue weighted by molar-refractivity contribution is -0.128. The molecule has 1 fully saturated rings. The summed E-state index contributed by atoms with van der Waals surface area (Å²) in [6.07, 6.45) is 7.52. The standard InChI is InChI=1S/C13H26N2O/c1-11(10-12-6-4-5-7-12)14-9-8-13(16)15(2)3/h11-12,14H,4-10H2,1-3H3. The Bertz CT molecular complexity index is 210. The van der Waals surface area contributed by atoms with Crippen molar-refractivity contribution in [2.24, 2.45) is 5.92 Å². The predicted molar refractivity (Wildman–Crippen MR) is 67.4 cm³/mol. The highest BCUT2D eigenvalue weighted by molar-refractivity contribution is 5.75. The highest BCUT2D eigenvalue weighted by Crippen LogP contribution is 2.28. The van der Waals surface area contributed by atoms with E-state index in [9.17, 15) is 4.79 Å².